The number of fused-ring (bicyclic) bond motifs is 1. The lowest BCUT2D eigenvalue weighted by atomic mass is 10.1. The molecule has 6 N–H and O–H groups in total. The van der Waals surface area contributed by atoms with E-state index in [4.69, 9.17) is 11.5 Å². The molecule has 0 radical (unpaired) electrons. The number of aromatic amines is 1. The number of rotatable bonds is 2. The summed E-state index contributed by atoms with van der Waals surface area (Å²) < 4.78 is 2.01. The molecule has 8 nitrogen and oxygen atoms in total. The molecule has 8 heteroatoms. The molecule has 0 spiro atoms. The van der Waals surface area contributed by atoms with Crippen molar-refractivity contribution in [3.63, 3.8) is 0 Å². The quantitative estimate of drug-likeness (QED) is 0.640. The van der Waals surface area contributed by atoms with Crippen molar-refractivity contribution in [3.8, 4) is 0 Å². The van der Waals surface area contributed by atoms with Crippen molar-refractivity contribution in [1.82, 2.24) is 19.7 Å². The number of hydrogen-bond donors (Lipinski definition) is 4. The van der Waals surface area contributed by atoms with Crippen LogP contribution in [-0.2, 0) is 5.79 Å². The Morgan fingerprint density at radius 1 is 1.35 bits per heavy atom. The van der Waals surface area contributed by atoms with Gasteiger partial charge in [0.05, 0.1) is 23.4 Å². The normalized spacial score (nSPS) is 25.7. The number of amidine groups is 1. The van der Waals surface area contributed by atoms with Crippen LogP contribution in [0.5, 0.6) is 0 Å². The first kappa shape index (κ1) is 14.3. The van der Waals surface area contributed by atoms with Crippen molar-refractivity contribution in [3.05, 3.63) is 35.8 Å². The predicted octanol–water partition coefficient (Wildman–Crippen LogP) is 0.378. The molecule has 0 aromatic carbocycles. The molecule has 2 aliphatic rings. The van der Waals surface area contributed by atoms with Crippen molar-refractivity contribution in [2.75, 3.05) is 25.5 Å². The van der Waals surface area contributed by atoms with Gasteiger partial charge in [-0.05, 0) is 39.0 Å². The van der Waals surface area contributed by atoms with E-state index in [0.29, 0.717) is 11.9 Å². The van der Waals surface area contributed by atoms with E-state index in [1.165, 1.54) is 0 Å². The van der Waals surface area contributed by atoms with Gasteiger partial charge < -0.3 is 20.9 Å². The Morgan fingerprint density at radius 2 is 2.13 bits per heavy atom. The third-order valence-electron chi connectivity index (χ3n) is 4.74. The number of hydrogen-bond acceptors (Lipinski definition) is 6. The van der Waals surface area contributed by atoms with Crippen LogP contribution in [0.1, 0.15) is 30.0 Å². The second kappa shape index (κ2) is 5.10. The summed E-state index contributed by atoms with van der Waals surface area (Å²) in [6.07, 6.45) is 7.75. The molecule has 1 fully saturated rings. The third-order valence-corrected chi connectivity index (χ3v) is 4.74. The molecule has 0 amide bonds. The average molecular weight is 314 g/mol. The van der Waals surface area contributed by atoms with Gasteiger partial charge in [0.2, 0.25) is 5.79 Å². The summed E-state index contributed by atoms with van der Waals surface area (Å²) in [7, 11) is 2.15. The highest BCUT2D eigenvalue weighted by Crippen LogP contribution is 2.30. The largest absolute Gasteiger partial charge is 0.383 e. The molecular weight excluding hydrogens is 292 g/mol. The molecule has 4 rings (SSSR count). The van der Waals surface area contributed by atoms with E-state index in [2.05, 4.69) is 32.3 Å². The van der Waals surface area contributed by atoms with Crippen LogP contribution in [0.3, 0.4) is 0 Å². The zero-order valence-corrected chi connectivity index (χ0v) is 13.2. The summed E-state index contributed by atoms with van der Waals surface area (Å²) in [5, 5.41) is 7.73. The fraction of sp³-hybridized carbons (Fsp3) is 0.467. The zero-order valence-electron chi connectivity index (χ0n) is 13.2. The first-order valence-electron chi connectivity index (χ1n) is 7.88. The molecule has 2 aromatic rings. The fourth-order valence-corrected chi connectivity index (χ4v) is 3.29. The topological polar surface area (TPSA) is 113 Å². The van der Waals surface area contributed by atoms with Gasteiger partial charge in [-0.25, -0.2) is 4.99 Å². The van der Waals surface area contributed by atoms with E-state index in [-0.39, 0.29) is 0 Å². The molecule has 122 valence electrons. The highest BCUT2D eigenvalue weighted by atomic mass is 15.3. The van der Waals surface area contributed by atoms with Crippen LogP contribution in [0.25, 0.3) is 0 Å². The second-order valence-corrected chi connectivity index (χ2v) is 6.40. The number of nitrogens with zero attached hydrogens (tertiary/aromatic N) is 4. The van der Waals surface area contributed by atoms with Crippen molar-refractivity contribution >= 4 is 11.7 Å². The lowest BCUT2D eigenvalue weighted by Crippen LogP contribution is -2.47. The van der Waals surface area contributed by atoms with Crippen molar-refractivity contribution < 1.29 is 0 Å². The van der Waals surface area contributed by atoms with Gasteiger partial charge >= 0.3 is 0 Å². The summed E-state index contributed by atoms with van der Waals surface area (Å²) in [6, 6.07) is 2.29. The Kier molecular flexibility index (Phi) is 3.17. The number of nitrogens with two attached hydrogens (primary N) is 2. The fourth-order valence-electron chi connectivity index (χ4n) is 3.29. The number of aromatic nitrogens is 3. The van der Waals surface area contributed by atoms with E-state index >= 15 is 0 Å². The molecule has 4 heterocycles. The van der Waals surface area contributed by atoms with Crippen LogP contribution in [0.4, 0.5) is 5.82 Å². The van der Waals surface area contributed by atoms with E-state index in [9.17, 15) is 0 Å². The Morgan fingerprint density at radius 3 is 2.91 bits per heavy atom. The summed E-state index contributed by atoms with van der Waals surface area (Å²) in [6.45, 7) is 2.17. The minimum atomic E-state index is -1.09. The van der Waals surface area contributed by atoms with Crippen LogP contribution >= 0.6 is 0 Å². The number of nitrogens with one attached hydrogen (secondary N) is 2. The van der Waals surface area contributed by atoms with E-state index < -0.39 is 5.79 Å². The Bertz CT molecular complexity index is 736. The maximum Gasteiger partial charge on any atom is 0.215 e. The maximum atomic E-state index is 6.45. The number of piperidine rings is 1. The van der Waals surface area contributed by atoms with Gasteiger partial charge in [-0.3, -0.25) is 10.4 Å². The van der Waals surface area contributed by atoms with E-state index in [0.717, 1.165) is 42.9 Å². The number of likely N-dealkylation sites (tertiary alicyclic amines) is 1. The van der Waals surface area contributed by atoms with Crippen LogP contribution in [0, 0.1) is 0 Å². The molecule has 1 saturated heterocycles. The maximum absolute atomic E-state index is 6.45. The summed E-state index contributed by atoms with van der Waals surface area (Å²) in [5.74, 6) is 0.118. The highest BCUT2D eigenvalue weighted by molar-refractivity contribution is 6.03. The van der Waals surface area contributed by atoms with Crippen LogP contribution in [0.15, 0.2) is 29.6 Å². The third kappa shape index (κ3) is 2.40. The summed E-state index contributed by atoms with van der Waals surface area (Å²) >= 11 is 0. The molecular formula is C15H22N8. The van der Waals surface area contributed by atoms with Gasteiger partial charge in [-0.2, -0.15) is 5.10 Å². The molecule has 0 bridgehead atoms. The van der Waals surface area contributed by atoms with Crippen LogP contribution in [0.2, 0.25) is 0 Å². The van der Waals surface area contributed by atoms with Gasteiger partial charge in [0, 0.05) is 12.4 Å². The number of H-pyrrole nitrogens is 1. The van der Waals surface area contributed by atoms with Crippen molar-refractivity contribution in [2.45, 2.75) is 24.7 Å². The standard InChI is InChI=1S/C15H22N8/c1-22-6-3-11(4-7-22)23-9-10(8-19-23)15(17)20-13(16)12-2-5-18-14(12)21-15/h2,5,8-9,11,18,21H,3-4,6-7,17H2,1H3,(H2,16,20). The van der Waals surface area contributed by atoms with Gasteiger partial charge in [-0.1, -0.05) is 0 Å². The zero-order chi connectivity index (χ0) is 16.0. The minimum absolute atomic E-state index is 0.412. The lowest BCUT2D eigenvalue weighted by Gasteiger charge is -2.31. The second-order valence-electron chi connectivity index (χ2n) is 6.40. The monoisotopic (exact) mass is 314 g/mol. The Hall–Kier alpha value is -2.32. The minimum Gasteiger partial charge on any atom is -0.383 e. The average Bonchev–Trinajstić information content (AvgIpc) is 3.16. The molecule has 2 aliphatic heterocycles. The molecule has 2 aromatic heterocycles. The van der Waals surface area contributed by atoms with Gasteiger partial charge in [-0.15, -0.1) is 0 Å². The Labute approximate surface area is 134 Å². The van der Waals surface area contributed by atoms with E-state index in [1.54, 1.807) is 6.20 Å². The van der Waals surface area contributed by atoms with Gasteiger partial charge in [0.15, 0.2) is 0 Å². The predicted molar refractivity (Wildman–Crippen MR) is 89.0 cm³/mol. The van der Waals surface area contributed by atoms with Gasteiger partial charge in [0.1, 0.15) is 11.7 Å². The van der Waals surface area contributed by atoms with E-state index in [1.807, 2.05) is 23.1 Å². The van der Waals surface area contributed by atoms with Crippen LogP contribution in [-0.4, -0.2) is 45.6 Å². The lowest BCUT2D eigenvalue weighted by molar-refractivity contribution is 0.212. The SMILES string of the molecule is CN1CCC(n2cc(C3(N)N=C(N)c4cc[nH]c4N3)cn2)CC1. The first-order valence-corrected chi connectivity index (χ1v) is 7.88. The number of anilines is 1. The van der Waals surface area contributed by atoms with Crippen LogP contribution < -0.4 is 16.8 Å². The number of aliphatic imine (C=N–C) groups is 1. The molecule has 23 heavy (non-hydrogen) atoms. The molecule has 1 unspecified atom stereocenters. The van der Waals surface area contributed by atoms with Crippen molar-refractivity contribution in [2.24, 2.45) is 16.5 Å². The molecule has 0 saturated carbocycles. The molecule has 0 aliphatic carbocycles. The molecule has 1 atom stereocenters. The summed E-state index contributed by atoms with van der Waals surface area (Å²) in [4.78, 5) is 9.89. The smallest absolute Gasteiger partial charge is 0.215 e. The van der Waals surface area contributed by atoms with Crippen molar-refractivity contribution in [1.29, 1.82) is 0 Å². The highest BCUT2D eigenvalue weighted by Gasteiger charge is 2.34. The van der Waals surface area contributed by atoms with Gasteiger partial charge in [0.25, 0.3) is 0 Å². The Balaban J connectivity index is 1.60. The first-order chi connectivity index (χ1) is 11.0. The summed E-state index contributed by atoms with van der Waals surface area (Å²) in [5.41, 5.74) is 14.1.